The number of hydrogen-bond acceptors (Lipinski definition) is 3. The number of carbonyl (C=O) groups is 2. The Labute approximate surface area is 130 Å². The Morgan fingerprint density at radius 2 is 1.77 bits per heavy atom. The molecular weight excluding hydrogens is 287 g/mol. The van der Waals surface area contributed by atoms with Gasteiger partial charge >= 0.3 is 0 Å². The van der Waals surface area contributed by atoms with E-state index in [2.05, 4.69) is 10.6 Å². The Morgan fingerprint density at radius 3 is 2.36 bits per heavy atom. The van der Waals surface area contributed by atoms with Crippen molar-refractivity contribution in [3.8, 4) is 5.75 Å². The van der Waals surface area contributed by atoms with Crippen LogP contribution in [0.25, 0.3) is 0 Å². The molecule has 1 aromatic carbocycles. The molecule has 2 amide bonds. The molecule has 0 bridgehead atoms. The summed E-state index contributed by atoms with van der Waals surface area (Å²) in [6.07, 6.45) is 1.09. The molecular formula is C16H23FN2O3. The monoisotopic (exact) mass is 310 g/mol. The van der Waals surface area contributed by atoms with Gasteiger partial charge in [0, 0.05) is 19.5 Å². The van der Waals surface area contributed by atoms with E-state index in [0.717, 1.165) is 6.42 Å². The smallest absolute Gasteiger partial charge is 0.263 e. The molecule has 0 unspecified atom stereocenters. The molecule has 1 rings (SSSR count). The molecule has 0 saturated heterocycles. The van der Waals surface area contributed by atoms with Gasteiger partial charge in [-0.05, 0) is 44.5 Å². The molecule has 0 aromatic heterocycles. The lowest BCUT2D eigenvalue weighted by atomic mass is 10.1. The van der Waals surface area contributed by atoms with Crippen LogP contribution in [0.15, 0.2) is 24.3 Å². The molecule has 22 heavy (non-hydrogen) atoms. The third kappa shape index (κ3) is 6.11. The van der Waals surface area contributed by atoms with E-state index >= 15 is 0 Å². The summed E-state index contributed by atoms with van der Waals surface area (Å²) in [6.45, 7) is 6.07. The molecule has 1 aromatic rings. The molecule has 0 atom stereocenters. The second-order valence-electron chi connectivity index (χ2n) is 5.42. The minimum atomic E-state index is -1.11. The molecule has 0 aliphatic heterocycles. The first-order valence-corrected chi connectivity index (χ1v) is 7.34. The predicted molar refractivity (Wildman–Crippen MR) is 82.0 cm³/mol. The lowest BCUT2D eigenvalue weighted by Crippen LogP contribution is -2.47. The van der Waals surface area contributed by atoms with Crippen molar-refractivity contribution in [3.63, 3.8) is 0 Å². The van der Waals surface area contributed by atoms with E-state index in [1.165, 1.54) is 24.3 Å². The molecule has 0 aliphatic rings. The number of hydrogen-bond donors (Lipinski definition) is 2. The lowest BCUT2D eigenvalue weighted by molar-refractivity contribution is -0.134. The zero-order valence-electron chi connectivity index (χ0n) is 13.2. The zero-order chi connectivity index (χ0) is 16.6. The van der Waals surface area contributed by atoms with Crippen molar-refractivity contribution in [1.29, 1.82) is 0 Å². The van der Waals surface area contributed by atoms with Crippen molar-refractivity contribution >= 4 is 11.8 Å². The van der Waals surface area contributed by atoms with Gasteiger partial charge in [-0.15, -0.1) is 0 Å². The Hall–Kier alpha value is -2.11. The van der Waals surface area contributed by atoms with Crippen LogP contribution >= 0.6 is 0 Å². The fourth-order valence-corrected chi connectivity index (χ4v) is 1.70. The van der Waals surface area contributed by atoms with Gasteiger partial charge in [0.15, 0.2) is 5.60 Å². The Morgan fingerprint density at radius 1 is 1.14 bits per heavy atom. The Kier molecular flexibility index (Phi) is 6.82. The van der Waals surface area contributed by atoms with Gasteiger partial charge in [-0.25, -0.2) is 4.39 Å². The van der Waals surface area contributed by atoms with Crippen LogP contribution in [0, 0.1) is 5.82 Å². The van der Waals surface area contributed by atoms with Crippen molar-refractivity contribution in [1.82, 2.24) is 10.6 Å². The maximum Gasteiger partial charge on any atom is 0.263 e. The topological polar surface area (TPSA) is 67.4 Å². The van der Waals surface area contributed by atoms with Gasteiger partial charge in [-0.1, -0.05) is 6.92 Å². The van der Waals surface area contributed by atoms with Gasteiger partial charge in [0.2, 0.25) is 5.91 Å². The molecule has 6 heteroatoms. The summed E-state index contributed by atoms with van der Waals surface area (Å²) in [5.41, 5.74) is -1.11. The SMILES string of the molecule is CCCNC(=O)CCNC(=O)C(C)(C)Oc1ccc(F)cc1. The molecule has 0 spiro atoms. The standard InChI is InChI=1S/C16H23FN2O3/c1-4-10-18-14(20)9-11-19-15(21)16(2,3)22-13-7-5-12(17)6-8-13/h5-8H,4,9-11H2,1-3H3,(H,18,20)(H,19,21). The van der Waals surface area contributed by atoms with E-state index in [9.17, 15) is 14.0 Å². The summed E-state index contributed by atoms with van der Waals surface area (Å²) in [5, 5.41) is 5.40. The maximum absolute atomic E-state index is 12.8. The van der Waals surface area contributed by atoms with E-state index in [1.807, 2.05) is 6.92 Å². The summed E-state index contributed by atoms with van der Waals surface area (Å²) in [6, 6.07) is 5.45. The normalized spacial score (nSPS) is 10.9. The van der Waals surface area contributed by atoms with Crippen LogP contribution < -0.4 is 15.4 Å². The first-order chi connectivity index (χ1) is 10.3. The second-order valence-corrected chi connectivity index (χ2v) is 5.42. The molecule has 122 valence electrons. The predicted octanol–water partition coefficient (Wildman–Crippen LogP) is 2.02. The highest BCUT2D eigenvalue weighted by Crippen LogP contribution is 2.18. The van der Waals surface area contributed by atoms with E-state index < -0.39 is 5.60 Å². The summed E-state index contributed by atoms with van der Waals surface area (Å²) >= 11 is 0. The van der Waals surface area contributed by atoms with Crippen molar-refractivity contribution < 1.29 is 18.7 Å². The number of benzene rings is 1. The third-order valence-electron chi connectivity index (χ3n) is 2.94. The van der Waals surface area contributed by atoms with E-state index in [1.54, 1.807) is 13.8 Å². The van der Waals surface area contributed by atoms with Crippen molar-refractivity contribution in [2.75, 3.05) is 13.1 Å². The fraction of sp³-hybridized carbons (Fsp3) is 0.500. The lowest BCUT2D eigenvalue weighted by Gasteiger charge is -2.25. The first-order valence-electron chi connectivity index (χ1n) is 7.34. The van der Waals surface area contributed by atoms with Crippen LogP contribution in [-0.2, 0) is 9.59 Å². The van der Waals surface area contributed by atoms with Gasteiger partial charge < -0.3 is 15.4 Å². The molecule has 0 saturated carbocycles. The second kappa shape index (κ2) is 8.36. The summed E-state index contributed by atoms with van der Waals surface area (Å²) in [7, 11) is 0. The van der Waals surface area contributed by atoms with Crippen molar-refractivity contribution in [2.45, 2.75) is 39.2 Å². The van der Waals surface area contributed by atoms with Gasteiger partial charge in [0.1, 0.15) is 11.6 Å². The number of nitrogens with one attached hydrogen (secondary N) is 2. The Balaban J connectivity index is 2.42. The summed E-state index contributed by atoms with van der Waals surface area (Å²) < 4.78 is 18.4. The van der Waals surface area contributed by atoms with Gasteiger partial charge in [0.05, 0.1) is 0 Å². The molecule has 2 N–H and O–H groups in total. The third-order valence-corrected chi connectivity index (χ3v) is 2.94. The van der Waals surface area contributed by atoms with Crippen LogP contribution in [0.4, 0.5) is 4.39 Å². The van der Waals surface area contributed by atoms with E-state index in [0.29, 0.717) is 12.3 Å². The highest BCUT2D eigenvalue weighted by atomic mass is 19.1. The first kappa shape index (κ1) is 17.9. The van der Waals surface area contributed by atoms with Crippen LogP contribution in [0.2, 0.25) is 0 Å². The quantitative estimate of drug-likeness (QED) is 0.772. The largest absolute Gasteiger partial charge is 0.478 e. The van der Waals surface area contributed by atoms with Crippen LogP contribution in [0.5, 0.6) is 5.75 Å². The minimum absolute atomic E-state index is 0.0978. The van der Waals surface area contributed by atoms with Crippen LogP contribution in [0.1, 0.15) is 33.6 Å². The van der Waals surface area contributed by atoms with E-state index in [-0.39, 0.29) is 30.6 Å². The summed E-state index contributed by atoms with van der Waals surface area (Å²) in [5.74, 6) is -0.394. The number of ether oxygens (including phenoxy) is 1. The zero-order valence-corrected chi connectivity index (χ0v) is 13.2. The molecule has 0 aliphatic carbocycles. The maximum atomic E-state index is 12.8. The number of amides is 2. The number of carbonyl (C=O) groups excluding carboxylic acids is 2. The average molecular weight is 310 g/mol. The van der Waals surface area contributed by atoms with Gasteiger partial charge in [0.25, 0.3) is 5.91 Å². The highest BCUT2D eigenvalue weighted by Gasteiger charge is 2.29. The van der Waals surface area contributed by atoms with Gasteiger partial charge in [-0.2, -0.15) is 0 Å². The van der Waals surface area contributed by atoms with Crippen molar-refractivity contribution in [3.05, 3.63) is 30.1 Å². The number of rotatable bonds is 8. The average Bonchev–Trinajstić information content (AvgIpc) is 2.47. The van der Waals surface area contributed by atoms with E-state index in [4.69, 9.17) is 4.74 Å². The minimum Gasteiger partial charge on any atom is -0.478 e. The fourth-order valence-electron chi connectivity index (χ4n) is 1.70. The van der Waals surface area contributed by atoms with Gasteiger partial charge in [-0.3, -0.25) is 9.59 Å². The van der Waals surface area contributed by atoms with Crippen molar-refractivity contribution in [2.24, 2.45) is 0 Å². The van der Waals surface area contributed by atoms with Crippen LogP contribution in [0.3, 0.4) is 0 Å². The highest BCUT2D eigenvalue weighted by molar-refractivity contribution is 5.85. The Bertz CT molecular complexity index is 501. The summed E-state index contributed by atoms with van der Waals surface area (Å²) in [4.78, 5) is 23.5. The molecule has 0 fully saturated rings. The number of halogens is 1. The van der Waals surface area contributed by atoms with Crippen LogP contribution in [-0.4, -0.2) is 30.5 Å². The molecule has 5 nitrogen and oxygen atoms in total. The molecule has 0 radical (unpaired) electrons. The molecule has 0 heterocycles.